The van der Waals surface area contributed by atoms with E-state index in [9.17, 15) is 18.0 Å². The first-order valence-corrected chi connectivity index (χ1v) is 14.5. The lowest BCUT2D eigenvalue weighted by Crippen LogP contribution is -2.34. The summed E-state index contributed by atoms with van der Waals surface area (Å²) in [6, 6.07) is 20.9. The third-order valence-electron chi connectivity index (χ3n) is 7.26. The van der Waals surface area contributed by atoms with Crippen molar-refractivity contribution in [2.75, 3.05) is 17.2 Å². The fraction of sp³-hybridized carbons (Fsp3) is 0.267. The molecule has 2 amide bonds. The molecule has 2 fully saturated rings. The summed E-state index contributed by atoms with van der Waals surface area (Å²) in [6.07, 6.45) is -0.715. The van der Waals surface area contributed by atoms with Gasteiger partial charge in [0.1, 0.15) is 12.1 Å². The summed E-state index contributed by atoms with van der Waals surface area (Å²) in [5, 5.41) is 8.30. The quantitative estimate of drug-likeness (QED) is 0.257. The fourth-order valence-corrected chi connectivity index (χ4v) is 5.93. The number of benzene rings is 3. The standard InChI is InChI=1S/C30H27F3N6O2S/c1-2-20-5-3-4-6-25(20)38-17-18-42-28(38)35-27(40)36-29(15-16-29)22-9-7-21(8-10-22)26-34-19-39(37-26)23-11-13-24(14-12-23)41-30(31,32)33/h3-14,19H,2,15-18H2,1H3,(H,36,40)/b35-28-. The molecule has 8 nitrogen and oxygen atoms in total. The second-order valence-electron chi connectivity index (χ2n) is 10.0. The number of anilines is 1. The number of rotatable bonds is 7. The van der Waals surface area contributed by atoms with Crippen molar-refractivity contribution < 1.29 is 22.7 Å². The van der Waals surface area contributed by atoms with Crippen molar-refractivity contribution in [1.82, 2.24) is 20.1 Å². The molecule has 1 aromatic heterocycles. The zero-order valence-electron chi connectivity index (χ0n) is 22.6. The number of ether oxygens (including phenoxy) is 1. The molecule has 0 bridgehead atoms. The normalized spacial score (nSPS) is 17.0. The van der Waals surface area contributed by atoms with Crippen LogP contribution in [-0.4, -0.2) is 44.6 Å². The van der Waals surface area contributed by atoms with Crippen molar-refractivity contribution in [2.24, 2.45) is 4.99 Å². The first-order valence-electron chi connectivity index (χ1n) is 13.5. The third kappa shape index (κ3) is 5.98. The van der Waals surface area contributed by atoms with Gasteiger partial charge in [-0.15, -0.1) is 18.3 Å². The number of carbonyl (C=O) groups is 1. The van der Waals surface area contributed by atoms with Gasteiger partial charge in [-0.3, -0.25) is 0 Å². The van der Waals surface area contributed by atoms with Crippen molar-refractivity contribution in [3.05, 3.63) is 90.3 Å². The zero-order chi connectivity index (χ0) is 29.3. The third-order valence-corrected chi connectivity index (χ3v) is 8.21. The summed E-state index contributed by atoms with van der Waals surface area (Å²) in [6.45, 7) is 2.93. The maximum absolute atomic E-state index is 13.0. The van der Waals surface area contributed by atoms with E-state index >= 15 is 0 Å². The van der Waals surface area contributed by atoms with E-state index < -0.39 is 11.9 Å². The Hall–Kier alpha value is -4.32. The maximum atomic E-state index is 13.0. The van der Waals surface area contributed by atoms with E-state index in [0.29, 0.717) is 16.7 Å². The Balaban J connectivity index is 1.13. The molecule has 1 aliphatic heterocycles. The van der Waals surface area contributed by atoms with Crippen molar-refractivity contribution in [3.8, 4) is 22.8 Å². The van der Waals surface area contributed by atoms with Crippen molar-refractivity contribution >= 4 is 28.6 Å². The molecular formula is C30H27F3N6O2S. The van der Waals surface area contributed by atoms with Gasteiger partial charge in [-0.25, -0.2) is 14.5 Å². The lowest BCUT2D eigenvalue weighted by atomic mass is 10.0. The van der Waals surface area contributed by atoms with Crippen LogP contribution in [0.1, 0.15) is 30.9 Å². The van der Waals surface area contributed by atoms with Crippen LogP contribution in [0.5, 0.6) is 5.75 Å². The number of amides is 2. The van der Waals surface area contributed by atoms with Crippen LogP contribution in [0, 0.1) is 0 Å². The summed E-state index contributed by atoms with van der Waals surface area (Å²) >= 11 is 1.59. The van der Waals surface area contributed by atoms with E-state index in [1.54, 1.807) is 11.8 Å². The monoisotopic (exact) mass is 592 g/mol. The van der Waals surface area contributed by atoms with Gasteiger partial charge in [0.25, 0.3) is 0 Å². The van der Waals surface area contributed by atoms with Crippen LogP contribution in [0.3, 0.4) is 0 Å². The van der Waals surface area contributed by atoms with E-state index in [4.69, 9.17) is 0 Å². The van der Waals surface area contributed by atoms with Crippen molar-refractivity contribution in [2.45, 2.75) is 38.1 Å². The molecule has 0 unspecified atom stereocenters. The van der Waals surface area contributed by atoms with Crippen LogP contribution in [0.25, 0.3) is 17.1 Å². The molecule has 0 spiro atoms. The van der Waals surface area contributed by atoms with Crippen molar-refractivity contribution in [1.29, 1.82) is 0 Å². The van der Waals surface area contributed by atoms with Crippen LogP contribution < -0.4 is 15.0 Å². The largest absolute Gasteiger partial charge is 0.573 e. The van der Waals surface area contributed by atoms with Gasteiger partial charge in [0, 0.05) is 23.5 Å². The number of aliphatic imine (C=N–C) groups is 1. The topological polar surface area (TPSA) is 84.6 Å². The number of nitrogens with zero attached hydrogens (tertiary/aromatic N) is 5. The molecule has 12 heteroatoms. The zero-order valence-corrected chi connectivity index (χ0v) is 23.5. The number of hydrogen-bond donors (Lipinski definition) is 1. The van der Waals surface area contributed by atoms with Gasteiger partial charge >= 0.3 is 12.4 Å². The molecule has 42 heavy (non-hydrogen) atoms. The highest BCUT2D eigenvalue weighted by Crippen LogP contribution is 2.46. The summed E-state index contributed by atoms with van der Waals surface area (Å²) < 4.78 is 42.7. The van der Waals surface area contributed by atoms with Gasteiger partial charge in [0.15, 0.2) is 11.0 Å². The fourth-order valence-electron chi connectivity index (χ4n) is 4.98. The minimum atomic E-state index is -4.75. The van der Waals surface area contributed by atoms with Gasteiger partial charge in [-0.05, 0) is 60.7 Å². The molecule has 216 valence electrons. The highest BCUT2D eigenvalue weighted by atomic mass is 32.2. The van der Waals surface area contributed by atoms with E-state index in [0.717, 1.165) is 48.4 Å². The second-order valence-corrected chi connectivity index (χ2v) is 11.1. The number of urea groups is 1. The Morgan fingerprint density at radius 2 is 1.81 bits per heavy atom. The van der Waals surface area contributed by atoms with E-state index in [1.807, 2.05) is 36.4 Å². The summed E-state index contributed by atoms with van der Waals surface area (Å²) in [4.78, 5) is 24.0. The second kappa shape index (κ2) is 11.2. The number of para-hydroxylation sites is 1. The van der Waals surface area contributed by atoms with Crippen LogP contribution in [0.2, 0.25) is 0 Å². The Morgan fingerprint density at radius 1 is 1.07 bits per heavy atom. The van der Waals surface area contributed by atoms with Crippen LogP contribution in [0.4, 0.5) is 23.7 Å². The van der Waals surface area contributed by atoms with Gasteiger partial charge in [0.05, 0.1) is 11.2 Å². The first-order chi connectivity index (χ1) is 20.2. The molecule has 4 aromatic rings. The lowest BCUT2D eigenvalue weighted by Gasteiger charge is -2.21. The number of amidine groups is 1. The smallest absolute Gasteiger partial charge is 0.406 e. The molecule has 6 rings (SSSR count). The molecule has 1 N–H and O–H groups in total. The highest BCUT2D eigenvalue weighted by molar-refractivity contribution is 8.14. The number of alkyl halides is 3. The number of nitrogens with one attached hydrogen (secondary N) is 1. The summed E-state index contributed by atoms with van der Waals surface area (Å²) in [7, 11) is 0. The maximum Gasteiger partial charge on any atom is 0.573 e. The summed E-state index contributed by atoms with van der Waals surface area (Å²) in [5.41, 5.74) is 4.15. The van der Waals surface area contributed by atoms with Crippen molar-refractivity contribution in [3.63, 3.8) is 0 Å². The lowest BCUT2D eigenvalue weighted by molar-refractivity contribution is -0.274. The highest BCUT2D eigenvalue weighted by Gasteiger charge is 2.46. The number of carbonyl (C=O) groups excluding carboxylic acids is 1. The summed E-state index contributed by atoms with van der Waals surface area (Å²) in [5.74, 6) is 1.03. The number of aryl methyl sites for hydroxylation is 1. The SMILES string of the molecule is CCc1ccccc1N1CCS/C1=N\C(=O)NC1(c2ccc(-c3ncn(-c4ccc(OC(F)(F)F)cc4)n3)cc2)CC1. The number of thioether (sulfide) groups is 1. The van der Waals surface area contributed by atoms with Gasteiger partial charge in [-0.2, -0.15) is 4.99 Å². The first kappa shape index (κ1) is 27.8. The molecule has 0 atom stereocenters. The molecule has 1 aliphatic carbocycles. The van der Waals surface area contributed by atoms with E-state index in [-0.39, 0.29) is 11.8 Å². The molecule has 3 aromatic carbocycles. The van der Waals surface area contributed by atoms with Crippen LogP contribution >= 0.6 is 11.8 Å². The Kier molecular flexibility index (Phi) is 7.40. The predicted molar refractivity (Wildman–Crippen MR) is 156 cm³/mol. The van der Waals surface area contributed by atoms with Gasteiger partial charge in [-0.1, -0.05) is 61.2 Å². The average molecular weight is 593 g/mol. The number of halogens is 3. The Bertz CT molecular complexity index is 1620. The Labute approximate surface area is 244 Å². The minimum Gasteiger partial charge on any atom is -0.406 e. The molecular weight excluding hydrogens is 565 g/mol. The van der Waals surface area contributed by atoms with Gasteiger partial charge in [0.2, 0.25) is 0 Å². The van der Waals surface area contributed by atoms with Gasteiger partial charge < -0.3 is 15.0 Å². The van der Waals surface area contributed by atoms with E-state index in [2.05, 4.69) is 49.1 Å². The van der Waals surface area contributed by atoms with Crippen LogP contribution in [-0.2, 0) is 12.0 Å². The molecule has 1 saturated carbocycles. The molecule has 1 saturated heterocycles. The molecule has 0 radical (unpaired) electrons. The Morgan fingerprint density at radius 3 is 2.50 bits per heavy atom. The minimum absolute atomic E-state index is 0.309. The molecule has 2 aliphatic rings. The predicted octanol–water partition coefficient (Wildman–Crippen LogP) is 6.70. The van der Waals surface area contributed by atoms with E-state index in [1.165, 1.54) is 40.8 Å². The average Bonchev–Trinajstić information content (AvgIpc) is 3.36. The van der Waals surface area contributed by atoms with Crippen LogP contribution in [0.15, 0.2) is 84.1 Å². The molecule has 2 heterocycles. The number of aromatic nitrogens is 3. The number of hydrogen-bond acceptors (Lipinski definition) is 5.